The second kappa shape index (κ2) is 11.2. The highest BCUT2D eigenvalue weighted by atomic mass is 16.5. The second-order valence-corrected chi connectivity index (χ2v) is 10.3. The molecule has 0 aromatic rings. The minimum atomic E-state index is -0.428. The maximum atomic E-state index is 12.4. The molecule has 1 aliphatic heterocycles. The van der Waals surface area contributed by atoms with Gasteiger partial charge in [0.2, 0.25) is 17.7 Å². The van der Waals surface area contributed by atoms with E-state index in [1.165, 1.54) is 4.90 Å². The predicted octanol–water partition coefficient (Wildman–Crippen LogP) is 2.88. The first kappa shape index (κ1) is 26.6. The van der Waals surface area contributed by atoms with Gasteiger partial charge in [0.25, 0.3) is 0 Å². The van der Waals surface area contributed by atoms with Crippen LogP contribution in [0.25, 0.3) is 0 Å². The van der Waals surface area contributed by atoms with E-state index in [0.29, 0.717) is 19.1 Å². The molecule has 0 saturated carbocycles. The summed E-state index contributed by atoms with van der Waals surface area (Å²) >= 11 is 0. The minimum absolute atomic E-state index is 0.124. The van der Waals surface area contributed by atoms with Crippen LogP contribution < -0.4 is 10.6 Å². The molecule has 2 N–H and O–H groups in total. The topological polar surface area (TPSA) is 87.7 Å². The molecule has 7 heteroatoms. The lowest BCUT2D eigenvalue weighted by atomic mass is 9.94. The van der Waals surface area contributed by atoms with E-state index >= 15 is 0 Å². The van der Waals surface area contributed by atoms with Crippen LogP contribution in [0.3, 0.4) is 0 Å². The summed E-state index contributed by atoms with van der Waals surface area (Å²) < 4.78 is 6.04. The molecule has 0 aliphatic carbocycles. The summed E-state index contributed by atoms with van der Waals surface area (Å²) in [4.78, 5) is 38.1. The van der Waals surface area contributed by atoms with E-state index in [1.54, 1.807) is 0 Å². The lowest BCUT2D eigenvalue weighted by molar-refractivity contribution is -0.140. The highest BCUT2D eigenvalue weighted by Crippen LogP contribution is 2.26. The van der Waals surface area contributed by atoms with E-state index in [1.807, 2.05) is 27.7 Å². The first-order valence-electron chi connectivity index (χ1n) is 11.3. The largest absolute Gasteiger partial charge is 0.375 e. The Bertz CT molecular complexity index is 599. The highest BCUT2D eigenvalue weighted by molar-refractivity contribution is 6.03. The number of rotatable bonds is 13. The van der Waals surface area contributed by atoms with Gasteiger partial charge in [0.1, 0.15) is 0 Å². The van der Waals surface area contributed by atoms with Crippen LogP contribution in [0, 0.1) is 11.8 Å². The van der Waals surface area contributed by atoms with Crippen molar-refractivity contribution in [3.8, 4) is 0 Å². The number of hydrogen-bond acceptors (Lipinski definition) is 5. The van der Waals surface area contributed by atoms with Gasteiger partial charge in [-0.25, -0.2) is 0 Å². The fraction of sp³-hybridized carbons (Fsp3) is 0.870. The maximum absolute atomic E-state index is 12.4. The number of likely N-dealkylation sites (tertiary alicyclic amines) is 1. The van der Waals surface area contributed by atoms with E-state index < -0.39 is 5.54 Å². The van der Waals surface area contributed by atoms with Crippen molar-refractivity contribution < 1.29 is 19.1 Å². The smallest absolute Gasteiger partial charge is 0.233 e. The molecule has 0 bridgehead atoms. The van der Waals surface area contributed by atoms with E-state index in [2.05, 4.69) is 38.3 Å². The molecular formula is C23H43N3O4. The molecule has 30 heavy (non-hydrogen) atoms. The fourth-order valence-corrected chi connectivity index (χ4v) is 3.50. The van der Waals surface area contributed by atoms with Crippen molar-refractivity contribution in [2.24, 2.45) is 11.8 Å². The van der Waals surface area contributed by atoms with Crippen molar-refractivity contribution in [3.05, 3.63) is 0 Å². The van der Waals surface area contributed by atoms with Crippen LogP contribution in [-0.2, 0) is 19.1 Å². The molecule has 1 heterocycles. The number of imide groups is 1. The predicted molar refractivity (Wildman–Crippen MR) is 119 cm³/mol. The summed E-state index contributed by atoms with van der Waals surface area (Å²) in [5, 5.41) is 6.41. The summed E-state index contributed by atoms with van der Waals surface area (Å²) in [6.07, 6.45) is 1.96. The van der Waals surface area contributed by atoms with Gasteiger partial charge in [0, 0.05) is 43.5 Å². The van der Waals surface area contributed by atoms with Crippen molar-refractivity contribution in [2.45, 2.75) is 98.3 Å². The Kier molecular flexibility index (Phi) is 9.95. The molecule has 1 fully saturated rings. The minimum Gasteiger partial charge on any atom is -0.375 e. The van der Waals surface area contributed by atoms with E-state index in [4.69, 9.17) is 4.74 Å². The zero-order valence-corrected chi connectivity index (χ0v) is 20.3. The molecule has 174 valence electrons. The van der Waals surface area contributed by atoms with Crippen LogP contribution in [0.2, 0.25) is 0 Å². The van der Waals surface area contributed by atoms with Crippen LogP contribution in [-0.4, -0.2) is 59.5 Å². The van der Waals surface area contributed by atoms with Crippen LogP contribution in [0.15, 0.2) is 0 Å². The van der Waals surface area contributed by atoms with E-state index in [9.17, 15) is 14.4 Å². The Morgan fingerprint density at radius 1 is 1.13 bits per heavy atom. The van der Waals surface area contributed by atoms with Crippen molar-refractivity contribution in [1.82, 2.24) is 15.5 Å². The Morgan fingerprint density at radius 2 is 1.77 bits per heavy atom. The molecule has 3 amide bonds. The van der Waals surface area contributed by atoms with E-state index in [-0.39, 0.29) is 54.5 Å². The number of nitrogens with zero attached hydrogens (tertiary/aromatic N) is 1. The number of carbonyl (C=O) groups is 3. The van der Waals surface area contributed by atoms with Gasteiger partial charge in [-0.1, -0.05) is 27.7 Å². The number of ether oxygens (including phenoxy) is 1. The highest BCUT2D eigenvalue weighted by Gasteiger charge is 2.40. The van der Waals surface area contributed by atoms with Gasteiger partial charge < -0.3 is 15.4 Å². The van der Waals surface area contributed by atoms with Gasteiger partial charge in [-0.2, -0.15) is 0 Å². The molecular weight excluding hydrogens is 382 g/mol. The lowest BCUT2D eigenvalue weighted by Crippen LogP contribution is -2.46. The summed E-state index contributed by atoms with van der Waals surface area (Å²) in [6, 6.07) is 0.456. The number of nitrogens with one attached hydrogen (secondary N) is 2. The first-order valence-corrected chi connectivity index (χ1v) is 11.3. The molecule has 0 aromatic carbocycles. The third-order valence-corrected chi connectivity index (χ3v) is 5.62. The third-order valence-electron chi connectivity index (χ3n) is 5.62. The number of carbonyl (C=O) groups excluding carboxylic acids is 3. The van der Waals surface area contributed by atoms with Gasteiger partial charge in [0.15, 0.2) is 0 Å². The maximum Gasteiger partial charge on any atom is 0.233 e. The van der Waals surface area contributed by atoms with Gasteiger partial charge in [0.05, 0.1) is 5.60 Å². The van der Waals surface area contributed by atoms with Crippen LogP contribution in [0.4, 0.5) is 0 Å². The molecule has 7 nitrogen and oxygen atoms in total. The summed E-state index contributed by atoms with van der Waals surface area (Å²) in [5.74, 6) is -0.607. The van der Waals surface area contributed by atoms with Gasteiger partial charge in [-0.05, 0) is 53.0 Å². The lowest BCUT2D eigenvalue weighted by Gasteiger charge is -2.30. The third kappa shape index (κ3) is 9.13. The summed E-state index contributed by atoms with van der Waals surface area (Å²) in [5.41, 5.74) is -0.658. The van der Waals surface area contributed by atoms with Gasteiger partial charge in [-0.15, -0.1) is 0 Å². The molecule has 1 rings (SSSR count). The molecule has 0 aromatic heterocycles. The monoisotopic (exact) mass is 425 g/mol. The van der Waals surface area contributed by atoms with Crippen molar-refractivity contribution in [3.63, 3.8) is 0 Å². The summed E-state index contributed by atoms with van der Waals surface area (Å²) in [6.45, 7) is 17.8. The van der Waals surface area contributed by atoms with Crippen molar-refractivity contribution in [1.29, 1.82) is 0 Å². The molecule has 1 atom stereocenters. The molecule has 1 saturated heterocycles. The van der Waals surface area contributed by atoms with Crippen LogP contribution in [0.1, 0.15) is 81.1 Å². The molecule has 1 unspecified atom stereocenters. The van der Waals surface area contributed by atoms with Crippen molar-refractivity contribution in [2.75, 3.05) is 19.7 Å². The normalized spacial score (nSPS) is 18.1. The molecule has 0 radical (unpaired) electrons. The quantitative estimate of drug-likeness (QED) is 0.443. The zero-order valence-electron chi connectivity index (χ0n) is 20.3. The SMILES string of the molecule is CC(C)NCCC(C)(C)OCCC(C)(C)NC(=O)CCN1C(=O)CC(C(C)C)C1=O. The van der Waals surface area contributed by atoms with Crippen molar-refractivity contribution >= 4 is 17.7 Å². The Balaban J connectivity index is 2.38. The Labute approximate surface area is 182 Å². The first-order chi connectivity index (χ1) is 13.7. The van der Waals surface area contributed by atoms with Gasteiger partial charge in [-0.3, -0.25) is 19.3 Å². The average Bonchev–Trinajstić information content (AvgIpc) is 2.86. The van der Waals surface area contributed by atoms with Gasteiger partial charge >= 0.3 is 0 Å². The average molecular weight is 426 g/mol. The molecule has 0 spiro atoms. The zero-order chi connectivity index (χ0) is 23.1. The number of amides is 3. The fourth-order valence-electron chi connectivity index (χ4n) is 3.50. The van der Waals surface area contributed by atoms with Crippen LogP contribution in [0.5, 0.6) is 0 Å². The molecule has 1 aliphatic rings. The Hall–Kier alpha value is -1.47. The second-order valence-electron chi connectivity index (χ2n) is 10.3. The Morgan fingerprint density at radius 3 is 2.30 bits per heavy atom. The summed E-state index contributed by atoms with van der Waals surface area (Å²) in [7, 11) is 0. The standard InChI is InChI=1S/C23H43N3O4/c1-16(2)18-15-20(28)26(21(18)29)13-9-19(27)25-22(5,6)11-14-30-23(7,8)10-12-24-17(3)4/h16-18,24H,9-15H2,1-8H3,(H,25,27). The van der Waals surface area contributed by atoms with Crippen LogP contribution >= 0.6 is 0 Å². The van der Waals surface area contributed by atoms with E-state index in [0.717, 1.165) is 13.0 Å². The number of hydrogen-bond donors (Lipinski definition) is 2.